The Bertz CT molecular complexity index is 1110. The van der Waals surface area contributed by atoms with Gasteiger partial charge in [-0.3, -0.25) is 0 Å². The number of aliphatic imine (C=N–C) groups is 1. The van der Waals surface area contributed by atoms with Crippen molar-refractivity contribution in [3.05, 3.63) is 70.6 Å². The predicted molar refractivity (Wildman–Crippen MR) is 130 cm³/mol. The summed E-state index contributed by atoms with van der Waals surface area (Å²) in [5.74, 6) is 2.06. The van der Waals surface area contributed by atoms with Crippen molar-refractivity contribution < 1.29 is 4.74 Å². The highest BCUT2D eigenvalue weighted by Crippen LogP contribution is 2.39. The van der Waals surface area contributed by atoms with Crippen molar-refractivity contribution >= 4 is 33.5 Å². The third-order valence-electron chi connectivity index (χ3n) is 5.98. The minimum Gasteiger partial charge on any atom is -0.496 e. The third kappa shape index (κ3) is 4.18. The number of ether oxygens (including phenoxy) is 1. The Balaban J connectivity index is 1.38. The molecule has 2 aliphatic heterocycles. The predicted octanol–water partition coefficient (Wildman–Crippen LogP) is 5.11. The lowest BCUT2D eigenvalue weighted by molar-refractivity contribution is 0.281. The number of hydrogen-bond acceptors (Lipinski definition) is 6. The summed E-state index contributed by atoms with van der Waals surface area (Å²) in [6.07, 6.45) is 2.06. The van der Waals surface area contributed by atoms with Crippen LogP contribution < -0.4 is 15.4 Å². The van der Waals surface area contributed by atoms with Crippen LogP contribution in [-0.4, -0.2) is 43.5 Å². The van der Waals surface area contributed by atoms with Crippen molar-refractivity contribution in [1.29, 1.82) is 0 Å². The molecule has 160 valence electrons. The number of amidine groups is 1. The Kier molecular flexibility index (Phi) is 5.66. The van der Waals surface area contributed by atoms with Gasteiger partial charge in [-0.25, -0.2) is 4.99 Å². The first kappa shape index (κ1) is 20.1. The van der Waals surface area contributed by atoms with Gasteiger partial charge in [-0.15, -0.1) is 11.3 Å². The molecule has 1 saturated heterocycles. The monoisotopic (exact) mass is 432 g/mol. The molecule has 0 bridgehead atoms. The van der Waals surface area contributed by atoms with Crippen LogP contribution in [0.15, 0.2) is 59.6 Å². The molecule has 3 heterocycles. The second-order valence-electron chi connectivity index (χ2n) is 8.12. The zero-order valence-corrected chi connectivity index (χ0v) is 18.8. The lowest BCUT2D eigenvalue weighted by atomic mass is 10.0. The minimum atomic E-state index is 0.413. The Morgan fingerprint density at radius 1 is 1.16 bits per heavy atom. The lowest BCUT2D eigenvalue weighted by Crippen LogP contribution is -2.52. The molecule has 0 amide bonds. The van der Waals surface area contributed by atoms with E-state index in [1.54, 1.807) is 18.4 Å². The number of nitrogens with one attached hydrogen (secondary N) is 2. The first-order valence-corrected chi connectivity index (χ1v) is 11.7. The van der Waals surface area contributed by atoms with Gasteiger partial charge in [-0.1, -0.05) is 30.3 Å². The zero-order chi connectivity index (χ0) is 21.2. The van der Waals surface area contributed by atoms with Crippen LogP contribution in [0, 0.1) is 6.92 Å². The van der Waals surface area contributed by atoms with Crippen LogP contribution >= 0.6 is 11.3 Å². The van der Waals surface area contributed by atoms with Crippen LogP contribution in [0.4, 0.5) is 16.4 Å². The first-order valence-electron chi connectivity index (χ1n) is 10.9. The molecule has 5 rings (SSSR count). The number of aryl methyl sites for hydroxylation is 2. The molecule has 0 spiro atoms. The fraction of sp³-hybridized carbons (Fsp3) is 0.320. The minimum absolute atomic E-state index is 0.413. The number of rotatable bonds is 4. The zero-order valence-electron chi connectivity index (χ0n) is 18.0. The van der Waals surface area contributed by atoms with E-state index in [0.29, 0.717) is 6.04 Å². The second kappa shape index (κ2) is 8.73. The Hall–Kier alpha value is -2.83. The van der Waals surface area contributed by atoms with Crippen LogP contribution in [0.1, 0.15) is 22.4 Å². The number of methoxy groups -OCH3 is 1. The third-order valence-corrected chi connectivity index (χ3v) is 6.95. The number of benzene rings is 2. The lowest BCUT2D eigenvalue weighted by Gasteiger charge is -2.36. The molecule has 2 aromatic carbocycles. The van der Waals surface area contributed by atoms with Crippen molar-refractivity contribution in [3.8, 4) is 5.75 Å². The highest BCUT2D eigenvalue weighted by molar-refractivity contribution is 7.16. The van der Waals surface area contributed by atoms with Crippen LogP contribution in [0.3, 0.4) is 0 Å². The molecule has 5 nitrogen and oxygen atoms in total. The largest absolute Gasteiger partial charge is 0.496 e. The quantitative estimate of drug-likeness (QED) is 0.602. The number of nitrogens with zero attached hydrogens (tertiary/aromatic N) is 2. The van der Waals surface area contributed by atoms with Crippen LogP contribution in [0.25, 0.3) is 0 Å². The molecular formula is C25H28N4OS. The maximum absolute atomic E-state index is 5.53. The Morgan fingerprint density at radius 2 is 2.00 bits per heavy atom. The van der Waals surface area contributed by atoms with Gasteiger partial charge in [0.05, 0.1) is 24.0 Å². The molecule has 0 saturated carbocycles. The average molecular weight is 433 g/mol. The number of piperazine rings is 1. The molecule has 0 unspecified atom stereocenters. The van der Waals surface area contributed by atoms with Crippen molar-refractivity contribution in [3.63, 3.8) is 0 Å². The molecule has 3 aromatic rings. The van der Waals surface area contributed by atoms with E-state index in [-0.39, 0.29) is 0 Å². The molecule has 1 atom stereocenters. The van der Waals surface area contributed by atoms with Crippen molar-refractivity contribution in [2.75, 3.05) is 32.1 Å². The van der Waals surface area contributed by atoms with Gasteiger partial charge in [0.1, 0.15) is 16.6 Å². The van der Waals surface area contributed by atoms with Crippen molar-refractivity contribution in [2.24, 2.45) is 4.99 Å². The van der Waals surface area contributed by atoms with E-state index < -0.39 is 0 Å². The number of hydrogen-bond donors (Lipinski definition) is 2. The molecule has 0 aliphatic carbocycles. The molecule has 1 aromatic heterocycles. The van der Waals surface area contributed by atoms with Crippen LogP contribution in [0.2, 0.25) is 0 Å². The first-order chi connectivity index (χ1) is 15.2. The normalized spacial score (nSPS) is 17.8. The Labute approximate surface area is 187 Å². The molecule has 1 fully saturated rings. The maximum Gasteiger partial charge on any atom is 0.139 e. The average Bonchev–Trinajstić information content (AvgIpc) is 3.09. The van der Waals surface area contributed by atoms with Gasteiger partial charge in [0.25, 0.3) is 0 Å². The highest BCUT2D eigenvalue weighted by atomic mass is 32.1. The highest BCUT2D eigenvalue weighted by Gasteiger charge is 2.27. The summed E-state index contributed by atoms with van der Waals surface area (Å²) < 4.78 is 5.53. The fourth-order valence-corrected chi connectivity index (χ4v) is 5.36. The van der Waals surface area contributed by atoms with Gasteiger partial charge < -0.3 is 20.3 Å². The van der Waals surface area contributed by atoms with Gasteiger partial charge in [-0.2, -0.15) is 0 Å². The molecule has 2 N–H and O–H groups in total. The summed E-state index contributed by atoms with van der Waals surface area (Å²) in [6, 6.07) is 19.3. The van der Waals surface area contributed by atoms with E-state index in [4.69, 9.17) is 9.73 Å². The number of fused-ring (bicyclic) bond motifs is 2. The SMILES string of the molecule is COc1ccccc1CC[C@H]1CN(C2=Nc3ccccc3Nc3sc(C)cc32)CCN1. The van der Waals surface area contributed by atoms with E-state index in [1.165, 1.54) is 21.0 Å². The topological polar surface area (TPSA) is 48.9 Å². The van der Waals surface area contributed by atoms with Gasteiger partial charge in [0.2, 0.25) is 0 Å². The summed E-state index contributed by atoms with van der Waals surface area (Å²) in [7, 11) is 1.75. The van der Waals surface area contributed by atoms with Gasteiger partial charge >= 0.3 is 0 Å². The van der Waals surface area contributed by atoms with E-state index >= 15 is 0 Å². The van der Waals surface area contributed by atoms with Gasteiger partial charge in [0.15, 0.2) is 0 Å². The maximum atomic E-state index is 5.53. The smallest absolute Gasteiger partial charge is 0.139 e. The van der Waals surface area contributed by atoms with Crippen LogP contribution in [0.5, 0.6) is 5.75 Å². The molecular weight excluding hydrogens is 404 g/mol. The molecule has 6 heteroatoms. The number of thiophene rings is 1. The van der Waals surface area contributed by atoms with E-state index in [2.05, 4.69) is 64.9 Å². The van der Waals surface area contributed by atoms with Crippen LogP contribution in [-0.2, 0) is 6.42 Å². The summed E-state index contributed by atoms with van der Waals surface area (Å²) in [5, 5.41) is 8.51. The molecule has 2 aliphatic rings. The fourth-order valence-electron chi connectivity index (χ4n) is 4.44. The van der Waals surface area contributed by atoms with Crippen molar-refractivity contribution in [1.82, 2.24) is 10.2 Å². The van der Waals surface area contributed by atoms with Crippen molar-refractivity contribution in [2.45, 2.75) is 25.8 Å². The standard InChI is InChI=1S/C25H28N4OS/c1-17-15-20-24(27-21-8-4-5-9-22(21)28-25(20)31-17)29-14-13-26-19(16-29)12-11-18-7-3-6-10-23(18)30-2/h3-10,15,19,26,28H,11-14,16H2,1-2H3/t19-/m0/s1. The van der Waals surface area contributed by atoms with Gasteiger partial charge in [-0.05, 0) is 49.6 Å². The van der Waals surface area contributed by atoms with E-state index in [0.717, 1.165) is 55.4 Å². The second-order valence-corrected chi connectivity index (χ2v) is 9.38. The summed E-state index contributed by atoms with van der Waals surface area (Å²) in [4.78, 5) is 8.89. The summed E-state index contributed by atoms with van der Waals surface area (Å²) in [6.45, 7) is 5.03. The Morgan fingerprint density at radius 3 is 2.90 bits per heavy atom. The number of para-hydroxylation sites is 3. The van der Waals surface area contributed by atoms with Gasteiger partial charge in [0, 0.05) is 30.6 Å². The van der Waals surface area contributed by atoms with E-state index in [1.807, 2.05) is 12.1 Å². The number of anilines is 2. The molecule has 0 radical (unpaired) electrons. The summed E-state index contributed by atoms with van der Waals surface area (Å²) >= 11 is 1.80. The molecule has 31 heavy (non-hydrogen) atoms. The summed E-state index contributed by atoms with van der Waals surface area (Å²) in [5.41, 5.74) is 4.56. The van der Waals surface area contributed by atoms with E-state index in [9.17, 15) is 0 Å².